The van der Waals surface area contributed by atoms with Crippen molar-refractivity contribution < 1.29 is 27.5 Å². The number of amides is 1. The number of sulfonamides is 1. The summed E-state index contributed by atoms with van der Waals surface area (Å²) in [6, 6.07) is 11.0. The first-order valence-corrected chi connectivity index (χ1v) is 13.0. The number of carbonyl (C=O) groups is 2. The first-order chi connectivity index (χ1) is 17.4. The van der Waals surface area contributed by atoms with Crippen molar-refractivity contribution in [2.24, 2.45) is 14.1 Å². The molecule has 0 unspecified atom stereocenters. The van der Waals surface area contributed by atoms with Gasteiger partial charge in [-0.3, -0.25) is 23.4 Å². The van der Waals surface area contributed by atoms with Gasteiger partial charge in [-0.25, -0.2) is 18.0 Å². The van der Waals surface area contributed by atoms with Crippen molar-refractivity contribution in [1.82, 2.24) is 9.13 Å². The highest BCUT2D eigenvalue weighted by Crippen LogP contribution is 2.29. The van der Waals surface area contributed by atoms with Crippen LogP contribution >= 0.6 is 15.9 Å². The summed E-state index contributed by atoms with van der Waals surface area (Å²) in [5, 5.41) is 2.34. The molecule has 0 atom stereocenters. The maximum atomic E-state index is 12.9. The summed E-state index contributed by atoms with van der Waals surface area (Å²) in [7, 11) is -1.34. The average Bonchev–Trinajstić information content (AvgIpc) is 2.86. The van der Waals surface area contributed by atoms with Crippen LogP contribution in [0.15, 0.2) is 67.5 Å². The minimum atomic E-state index is -4.01. The number of hydrogen-bond donors (Lipinski definition) is 2. The number of carbonyl (C=O) groups excluding carboxylic acids is 2. The standard InChI is InChI=1S/C23H23BrN4O8S/c1-4-35-17-10-7-15(24)11-18(17)37(33,34)26-16-8-5-14(6-9-16)22(31)36-13-20(29)25-19-12-21(30)28(3)23(32)27(19)2/h5-12,26H,4,13H2,1-3H3,(H,25,29). The summed E-state index contributed by atoms with van der Waals surface area (Å²) in [4.78, 5) is 48.1. The Morgan fingerprint density at radius 2 is 1.68 bits per heavy atom. The van der Waals surface area contributed by atoms with Crippen molar-refractivity contribution in [3.8, 4) is 5.75 Å². The molecule has 3 aromatic rings. The molecular formula is C23H23BrN4O8S. The molecule has 14 heteroatoms. The second-order valence-electron chi connectivity index (χ2n) is 7.60. The number of rotatable bonds is 9. The van der Waals surface area contributed by atoms with Crippen LogP contribution < -0.4 is 26.0 Å². The van der Waals surface area contributed by atoms with E-state index in [0.717, 1.165) is 15.2 Å². The van der Waals surface area contributed by atoms with Crippen LogP contribution in [0, 0.1) is 0 Å². The molecule has 0 aliphatic carbocycles. The Hall–Kier alpha value is -3.91. The summed E-state index contributed by atoms with van der Waals surface area (Å²) in [5.41, 5.74) is -0.998. The van der Waals surface area contributed by atoms with E-state index in [1.807, 2.05) is 0 Å². The molecule has 37 heavy (non-hydrogen) atoms. The van der Waals surface area contributed by atoms with Crippen molar-refractivity contribution in [2.45, 2.75) is 11.8 Å². The SMILES string of the molecule is CCOc1ccc(Br)cc1S(=O)(=O)Nc1ccc(C(=O)OCC(=O)Nc2cc(=O)n(C)c(=O)n2C)cc1. The maximum Gasteiger partial charge on any atom is 0.338 e. The predicted octanol–water partition coefficient (Wildman–Crippen LogP) is 1.84. The molecule has 1 amide bonds. The van der Waals surface area contributed by atoms with Gasteiger partial charge in [-0.05, 0) is 49.4 Å². The van der Waals surface area contributed by atoms with Gasteiger partial charge in [0.15, 0.2) is 6.61 Å². The lowest BCUT2D eigenvalue weighted by Crippen LogP contribution is -2.38. The normalized spacial score (nSPS) is 11.0. The third kappa shape index (κ3) is 6.65. The van der Waals surface area contributed by atoms with E-state index < -0.39 is 39.8 Å². The van der Waals surface area contributed by atoms with Crippen molar-refractivity contribution >= 4 is 49.3 Å². The molecular weight excluding hydrogens is 572 g/mol. The molecule has 0 aliphatic rings. The van der Waals surface area contributed by atoms with Crippen molar-refractivity contribution in [1.29, 1.82) is 0 Å². The smallest absolute Gasteiger partial charge is 0.338 e. The lowest BCUT2D eigenvalue weighted by molar-refractivity contribution is -0.119. The van der Waals surface area contributed by atoms with Gasteiger partial charge in [-0.1, -0.05) is 15.9 Å². The summed E-state index contributed by atoms with van der Waals surface area (Å²) in [6.07, 6.45) is 0. The quantitative estimate of drug-likeness (QED) is 0.355. The molecule has 0 fully saturated rings. The van der Waals surface area contributed by atoms with Gasteiger partial charge in [0.1, 0.15) is 16.5 Å². The Bertz CT molecular complexity index is 1560. The zero-order valence-corrected chi connectivity index (χ0v) is 22.4. The van der Waals surface area contributed by atoms with Gasteiger partial charge in [-0.15, -0.1) is 0 Å². The number of nitrogens with one attached hydrogen (secondary N) is 2. The third-order valence-corrected chi connectivity index (χ3v) is 6.89. The highest BCUT2D eigenvalue weighted by atomic mass is 79.9. The lowest BCUT2D eigenvalue weighted by atomic mass is 10.2. The minimum Gasteiger partial charge on any atom is -0.492 e. The molecule has 2 aromatic carbocycles. The summed E-state index contributed by atoms with van der Waals surface area (Å²) in [5.74, 6) is -1.47. The molecule has 12 nitrogen and oxygen atoms in total. The van der Waals surface area contributed by atoms with Crippen LogP contribution in [0.25, 0.3) is 0 Å². The van der Waals surface area contributed by atoms with Gasteiger partial charge in [0.25, 0.3) is 21.5 Å². The number of anilines is 2. The average molecular weight is 595 g/mol. The van der Waals surface area contributed by atoms with Gasteiger partial charge >= 0.3 is 11.7 Å². The van der Waals surface area contributed by atoms with Crippen molar-refractivity contribution in [3.63, 3.8) is 0 Å². The Labute approximate surface area is 220 Å². The van der Waals surface area contributed by atoms with Crippen LogP contribution in [-0.2, 0) is 33.7 Å². The van der Waals surface area contributed by atoms with Crippen LogP contribution in [0.2, 0.25) is 0 Å². The zero-order chi connectivity index (χ0) is 27.3. The van der Waals surface area contributed by atoms with Gasteiger partial charge in [0.2, 0.25) is 0 Å². The Morgan fingerprint density at radius 1 is 1.00 bits per heavy atom. The fourth-order valence-electron chi connectivity index (χ4n) is 3.10. The Kier molecular flexibility index (Phi) is 8.55. The zero-order valence-electron chi connectivity index (χ0n) is 20.0. The number of benzene rings is 2. The second kappa shape index (κ2) is 11.4. The van der Waals surface area contributed by atoms with E-state index in [2.05, 4.69) is 26.0 Å². The predicted molar refractivity (Wildman–Crippen MR) is 138 cm³/mol. The van der Waals surface area contributed by atoms with Gasteiger partial charge in [0.05, 0.1) is 12.2 Å². The van der Waals surface area contributed by atoms with Gasteiger partial charge in [0, 0.05) is 30.3 Å². The molecule has 1 heterocycles. The number of hydrogen-bond acceptors (Lipinski definition) is 8. The largest absolute Gasteiger partial charge is 0.492 e. The Morgan fingerprint density at radius 3 is 2.32 bits per heavy atom. The van der Waals surface area contributed by atoms with Crippen LogP contribution in [0.1, 0.15) is 17.3 Å². The number of aromatic nitrogens is 2. The van der Waals surface area contributed by atoms with E-state index in [0.29, 0.717) is 4.47 Å². The molecule has 196 valence electrons. The lowest BCUT2D eigenvalue weighted by Gasteiger charge is -2.13. The van der Waals surface area contributed by atoms with Gasteiger partial charge in [-0.2, -0.15) is 0 Å². The number of esters is 1. The molecule has 0 saturated heterocycles. The first kappa shape index (κ1) is 27.7. The molecule has 0 spiro atoms. The molecule has 2 N–H and O–H groups in total. The molecule has 1 aromatic heterocycles. The maximum absolute atomic E-state index is 12.9. The number of halogens is 1. The van der Waals surface area contributed by atoms with E-state index >= 15 is 0 Å². The monoisotopic (exact) mass is 594 g/mol. The van der Waals surface area contributed by atoms with Crippen LogP contribution in [-0.4, -0.2) is 42.6 Å². The van der Waals surface area contributed by atoms with E-state index in [-0.39, 0.29) is 34.3 Å². The summed E-state index contributed by atoms with van der Waals surface area (Å²) in [6.45, 7) is 1.33. The Balaban J connectivity index is 1.64. The van der Waals surface area contributed by atoms with E-state index in [9.17, 15) is 27.6 Å². The summed E-state index contributed by atoms with van der Waals surface area (Å²) >= 11 is 3.25. The minimum absolute atomic E-state index is 0.0521. The van der Waals surface area contributed by atoms with Crippen LogP contribution in [0.4, 0.5) is 11.5 Å². The van der Waals surface area contributed by atoms with Crippen molar-refractivity contribution in [3.05, 3.63) is 79.4 Å². The van der Waals surface area contributed by atoms with E-state index in [1.165, 1.54) is 50.5 Å². The molecule has 0 radical (unpaired) electrons. The fraction of sp³-hybridized carbons (Fsp3) is 0.217. The van der Waals surface area contributed by atoms with Gasteiger partial charge < -0.3 is 14.8 Å². The molecule has 0 saturated carbocycles. The number of ether oxygens (including phenoxy) is 2. The number of nitrogens with zero attached hydrogens (tertiary/aromatic N) is 2. The fourth-order valence-corrected chi connectivity index (χ4v) is 4.84. The third-order valence-electron chi connectivity index (χ3n) is 5.00. The van der Waals surface area contributed by atoms with E-state index in [4.69, 9.17) is 9.47 Å². The molecule has 0 aliphatic heterocycles. The summed E-state index contributed by atoms with van der Waals surface area (Å²) < 4.78 is 41.1. The topological polar surface area (TPSA) is 155 Å². The highest BCUT2D eigenvalue weighted by molar-refractivity contribution is 9.10. The molecule has 3 rings (SSSR count). The van der Waals surface area contributed by atoms with E-state index in [1.54, 1.807) is 13.0 Å². The highest BCUT2D eigenvalue weighted by Gasteiger charge is 2.21. The van der Waals surface area contributed by atoms with Crippen LogP contribution in [0.5, 0.6) is 5.75 Å². The van der Waals surface area contributed by atoms with Crippen molar-refractivity contribution in [2.75, 3.05) is 23.3 Å². The van der Waals surface area contributed by atoms with Crippen LogP contribution in [0.3, 0.4) is 0 Å². The second-order valence-corrected chi connectivity index (χ2v) is 10.2. The molecule has 0 bridgehead atoms. The first-order valence-electron chi connectivity index (χ1n) is 10.7.